The molecule has 0 fully saturated rings. The lowest BCUT2D eigenvalue weighted by atomic mass is 9.94. The number of rotatable bonds is 3. The molecule has 100 valence electrons. The van der Waals surface area contributed by atoms with Crippen LogP contribution in [0.4, 0.5) is 13.2 Å². The average molecular weight is 276 g/mol. The predicted octanol–water partition coefficient (Wildman–Crippen LogP) is 4.06. The summed E-state index contributed by atoms with van der Waals surface area (Å²) >= 11 is 1.63. The van der Waals surface area contributed by atoms with E-state index in [-0.39, 0.29) is 17.8 Å². The van der Waals surface area contributed by atoms with Crippen molar-refractivity contribution in [3.05, 3.63) is 29.3 Å². The number of alkyl halides is 3. The van der Waals surface area contributed by atoms with Crippen LogP contribution in [0.25, 0.3) is 0 Å². The van der Waals surface area contributed by atoms with Gasteiger partial charge in [0.15, 0.2) is 0 Å². The summed E-state index contributed by atoms with van der Waals surface area (Å²) in [5.74, 6) is 0.110. The summed E-state index contributed by atoms with van der Waals surface area (Å²) in [5, 5.41) is 9.10. The first-order valence-corrected chi connectivity index (χ1v) is 6.80. The Morgan fingerprint density at radius 3 is 2.67 bits per heavy atom. The van der Waals surface area contributed by atoms with Gasteiger partial charge >= 0.3 is 6.18 Å². The van der Waals surface area contributed by atoms with Gasteiger partial charge in [0.25, 0.3) is 0 Å². The first-order valence-electron chi connectivity index (χ1n) is 5.92. The zero-order valence-corrected chi connectivity index (χ0v) is 10.8. The third-order valence-electron chi connectivity index (χ3n) is 3.31. The molecule has 0 aliphatic carbocycles. The van der Waals surface area contributed by atoms with Gasteiger partial charge in [0.1, 0.15) is 0 Å². The lowest BCUT2D eigenvalue weighted by Crippen LogP contribution is -2.09. The van der Waals surface area contributed by atoms with Crippen LogP contribution in [0.5, 0.6) is 0 Å². The molecule has 1 nitrogen and oxygen atoms in total. The number of thioether (sulfide) groups is 1. The van der Waals surface area contributed by atoms with Gasteiger partial charge < -0.3 is 5.11 Å². The summed E-state index contributed by atoms with van der Waals surface area (Å²) in [4.78, 5) is 0.943. The van der Waals surface area contributed by atoms with E-state index in [0.29, 0.717) is 6.42 Å². The van der Waals surface area contributed by atoms with Crippen molar-refractivity contribution >= 4 is 11.8 Å². The van der Waals surface area contributed by atoms with Crippen molar-refractivity contribution in [2.45, 2.75) is 42.0 Å². The van der Waals surface area contributed by atoms with E-state index in [9.17, 15) is 13.2 Å². The van der Waals surface area contributed by atoms with Gasteiger partial charge in [-0.25, -0.2) is 0 Å². The molecule has 0 saturated carbocycles. The molecule has 1 N–H and O–H groups in total. The maximum atomic E-state index is 12.6. The molecule has 0 bridgehead atoms. The molecule has 1 aromatic carbocycles. The van der Waals surface area contributed by atoms with E-state index < -0.39 is 11.7 Å². The average Bonchev–Trinajstić information content (AvgIpc) is 2.62. The van der Waals surface area contributed by atoms with E-state index in [1.54, 1.807) is 17.8 Å². The van der Waals surface area contributed by atoms with Crippen molar-refractivity contribution in [1.29, 1.82) is 0 Å². The summed E-state index contributed by atoms with van der Waals surface area (Å²) in [5.41, 5.74) is 0.217. The zero-order valence-electron chi connectivity index (χ0n) is 10.00. The van der Waals surface area contributed by atoms with Crippen molar-refractivity contribution in [3.8, 4) is 0 Å². The first kappa shape index (κ1) is 13.7. The summed E-state index contributed by atoms with van der Waals surface area (Å²) in [6.07, 6.45) is -2.75. The van der Waals surface area contributed by atoms with Gasteiger partial charge in [0, 0.05) is 16.8 Å². The van der Waals surface area contributed by atoms with Crippen LogP contribution in [0.2, 0.25) is 0 Å². The van der Waals surface area contributed by atoms with E-state index in [0.717, 1.165) is 22.9 Å². The summed E-state index contributed by atoms with van der Waals surface area (Å²) < 4.78 is 37.9. The second kappa shape index (κ2) is 5.13. The minimum atomic E-state index is -4.28. The first-order chi connectivity index (χ1) is 8.43. The van der Waals surface area contributed by atoms with E-state index in [4.69, 9.17) is 5.11 Å². The second-order valence-corrected chi connectivity index (χ2v) is 5.84. The van der Waals surface area contributed by atoms with Crippen LogP contribution in [0, 0.1) is 0 Å². The Hall–Kier alpha value is -0.680. The Balaban J connectivity index is 2.22. The lowest BCUT2D eigenvalue weighted by molar-refractivity contribution is -0.137. The number of halogens is 3. The number of aliphatic hydroxyl groups excluding tert-OH is 1. The highest BCUT2D eigenvalue weighted by atomic mass is 32.2. The van der Waals surface area contributed by atoms with Crippen molar-refractivity contribution in [1.82, 2.24) is 0 Å². The molecule has 0 aromatic heterocycles. The van der Waals surface area contributed by atoms with Gasteiger partial charge in [0.05, 0.1) is 5.56 Å². The lowest BCUT2D eigenvalue weighted by Gasteiger charge is -2.14. The van der Waals surface area contributed by atoms with Crippen molar-refractivity contribution in [2.24, 2.45) is 0 Å². The maximum absolute atomic E-state index is 12.6. The molecule has 0 amide bonds. The Morgan fingerprint density at radius 2 is 2.06 bits per heavy atom. The standard InChI is InChI=1S/C13H15F3OS/c1-8-10-7-9(13(14,15)16)4-5-12(10)18-11(8)3-2-6-17/h4-5,7-8,11,17H,2-3,6H2,1H3. The Morgan fingerprint density at radius 1 is 1.33 bits per heavy atom. The largest absolute Gasteiger partial charge is 0.416 e. The molecule has 0 saturated heterocycles. The van der Waals surface area contributed by atoms with Gasteiger partial charge in [-0.2, -0.15) is 13.2 Å². The molecule has 1 heterocycles. The molecule has 5 heteroatoms. The molecule has 1 aliphatic heterocycles. The quantitative estimate of drug-likeness (QED) is 0.898. The fourth-order valence-corrected chi connectivity index (χ4v) is 3.74. The van der Waals surface area contributed by atoms with E-state index in [1.807, 2.05) is 6.92 Å². The minimum Gasteiger partial charge on any atom is -0.396 e. The van der Waals surface area contributed by atoms with Crippen LogP contribution < -0.4 is 0 Å². The highest BCUT2D eigenvalue weighted by molar-refractivity contribution is 8.00. The number of benzene rings is 1. The number of hydrogen-bond donors (Lipinski definition) is 1. The van der Waals surface area contributed by atoms with Gasteiger partial charge in [-0.1, -0.05) is 6.92 Å². The fourth-order valence-electron chi connectivity index (χ4n) is 2.25. The molecule has 1 aromatic rings. The zero-order chi connectivity index (χ0) is 13.3. The van der Waals surface area contributed by atoms with Crippen molar-refractivity contribution in [2.75, 3.05) is 6.61 Å². The van der Waals surface area contributed by atoms with Crippen LogP contribution in [0.3, 0.4) is 0 Å². The normalized spacial score (nSPS) is 23.2. The van der Waals surface area contributed by atoms with E-state index in [2.05, 4.69) is 0 Å². The van der Waals surface area contributed by atoms with E-state index >= 15 is 0 Å². The molecule has 0 radical (unpaired) electrons. The molecule has 2 unspecified atom stereocenters. The van der Waals surface area contributed by atoms with Crippen molar-refractivity contribution in [3.63, 3.8) is 0 Å². The van der Waals surface area contributed by atoms with Crippen LogP contribution in [0.1, 0.15) is 36.8 Å². The molecular formula is C13H15F3OS. The van der Waals surface area contributed by atoms with Crippen LogP contribution >= 0.6 is 11.8 Å². The molecule has 18 heavy (non-hydrogen) atoms. The van der Waals surface area contributed by atoms with Crippen LogP contribution in [-0.2, 0) is 6.18 Å². The Labute approximate surface area is 108 Å². The molecule has 2 rings (SSSR count). The number of fused-ring (bicyclic) bond motifs is 1. The highest BCUT2D eigenvalue weighted by Gasteiger charge is 2.35. The number of hydrogen-bond acceptors (Lipinski definition) is 2. The number of aliphatic hydroxyl groups is 1. The molecule has 2 atom stereocenters. The van der Waals surface area contributed by atoms with Gasteiger partial charge in [-0.05, 0) is 42.5 Å². The summed E-state index contributed by atoms with van der Waals surface area (Å²) in [7, 11) is 0. The second-order valence-electron chi connectivity index (χ2n) is 4.56. The predicted molar refractivity (Wildman–Crippen MR) is 65.8 cm³/mol. The minimum absolute atomic E-state index is 0.110. The highest BCUT2D eigenvalue weighted by Crippen LogP contribution is 2.48. The third kappa shape index (κ3) is 2.67. The Bertz CT molecular complexity index is 431. The SMILES string of the molecule is CC1c2cc(C(F)(F)F)ccc2SC1CCCO. The smallest absolute Gasteiger partial charge is 0.396 e. The van der Waals surface area contributed by atoms with Crippen LogP contribution in [-0.4, -0.2) is 17.0 Å². The summed E-state index contributed by atoms with van der Waals surface area (Å²) in [6.45, 7) is 2.09. The van der Waals surface area contributed by atoms with Gasteiger partial charge in [0.2, 0.25) is 0 Å². The molecular weight excluding hydrogens is 261 g/mol. The van der Waals surface area contributed by atoms with Gasteiger partial charge in [-0.15, -0.1) is 11.8 Å². The third-order valence-corrected chi connectivity index (χ3v) is 4.88. The topological polar surface area (TPSA) is 20.2 Å². The fraction of sp³-hybridized carbons (Fsp3) is 0.538. The molecule has 1 aliphatic rings. The van der Waals surface area contributed by atoms with Crippen molar-refractivity contribution < 1.29 is 18.3 Å². The maximum Gasteiger partial charge on any atom is 0.416 e. The Kier molecular flexibility index (Phi) is 3.92. The van der Waals surface area contributed by atoms with E-state index in [1.165, 1.54) is 6.07 Å². The van der Waals surface area contributed by atoms with Gasteiger partial charge in [-0.3, -0.25) is 0 Å². The monoisotopic (exact) mass is 276 g/mol. The van der Waals surface area contributed by atoms with Crippen LogP contribution in [0.15, 0.2) is 23.1 Å². The molecule has 0 spiro atoms. The summed E-state index contributed by atoms with van der Waals surface area (Å²) in [6, 6.07) is 3.98.